The van der Waals surface area contributed by atoms with Gasteiger partial charge in [0.1, 0.15) is 0 Å². The predicted octanol–water partition coefficient (Wildman–Crippen LogP) is 1.81. The maximum Gasteiger partial charge on any atom is 0.335 e. The first-order valence-electron chi connectivity index (χ1n) is 13.5. The quantitative estimate of drug-likeness (QED) is 0.104. The van der Waals surface area contributed by atoms with Crippen molar-refractivity contribution >= 4 is 23.8 Å². The molecule has 1 saturated heterocycles. The monoisotopic (exact) mass is 537 g/mol. The van der Waals surface area contributed by atoms with Gasteiger partial charge < -0.3 is 28.5 Å². The van der Waals surface area contributed by atoms with E-state index >= 15 is 0 Å². The van der Waals surface area contributed by atoms with Crippen LogP contribution in [0.15, 0.2) is 0 Å². The molecular formula is C27H39NO10. The number of esters is 1. The van der Waals surface area contributed by atoms with Gasteiger partial charge in [-0.05, 0) is 37.0 Å². The molecule has 3 aliphatic rings. The van der Waals surface area contributed by atoms with E-state index in [0.29, 0.717) is 81.9 Å². The fourth-order valence-electron chi connectivity index (χ4n) is 4.58. The third-order valence-corrected chi connectivity index (χ3v) is 6.71. The molecule has 0 N–H and O–H groups in total. The highest BCUT2D eigenvalue weighted by atomic mass is 16.7. The molecule has 0 bridgehead atoms. The number of fused-ring (bicyclic) bond motifs is 1. The summed E-state index contributed by atoms with van der Waals surface area (Å²) in [5.41, 5.74) is 0. The first kappa shape index (κ1) is 30.0. The highest BCUT2D eigenvalue weighted by Crippen LogP contribution is 2.52. The number of ether oxygens (including phenoxy) is 5. The lowest BCUT2D eigenvalue weighted by atomic mass is 10.1. The number of hydroxylamine groups is 2. The lowest BCUT2D eigenvalue weighted by Crippen LogP contribution is -2.32. The first-order chi connectivity index (χ1) is 18.6. The molecule has 11 nitrogen and oxygen atoms in total. The van der Waals surface area contributed by atoms with E-state index in [1.165, 1.54) is 0 Å². The van der Waals surface area contributed by atoms with Gasteiger partial charge in [-0.2, -0.15) is 0 Å². The van der Waals surface area contributed by atoms with E-state index in [1.807, 2.05) is 0 Å². The Kier molecular flexibility index (Phi) is 13.5. The number of amides is 2. The number of imide groups is 1. The summed E-state index contributed by atoms with van der Waals surface area (Å²) >= 11 is 0. The largest absolute Gasteiger partial charge is 0.465 e. The minimum atomic E-state index is -0.697. The van der Waals surface area contributed by atoms with Crippen LogP contribution in [0.1, 0.15) is 57.8 Å². The Labute approximate surface area is 223 Å². The zero-order valence-electron chi connectivity index (χ0n) is 22.0. The molecule has 212 valence electrons. The summed E-state index contributed by atoms with van der Waals surface area (Å²) in [6.45, 7) is 3.43. The fourth-order valence-corrected chi connectivity index (χ4v) is 4.58. The van der Waals surface area contributed by atoms with E-state index in [0.717, 1.165) is 25.7 Å². The van der Waals surface area contributed by atoms with Crippen LogP contribution in [-0.2, 0) is 47.7 Å². The van der Waals surface area contributed by atoms with Gasteiger partial charge in [0, 0.05) is 38.7 Å². The van der Waals surface area contributed by atoms with Crippen LogP contribution in [0.5, 0.6) is 0 Å². The SMILES string of the molecule is O=C(CCCOCCOCCOCCOCCC(=O)ON1C(=O)CCC1=O)OCC1[C@H]2CCC#CCC[C@@H]12. The maximum absolute atomic E-state index is 12.0. The van der Waals surface area contributed by atoms with E-state index in [2.05, 4.69) is 11.8 Å². The minimum absolute atomic E-state index is 0.0624. The standard InChI is InChI=1S/C27H39NO10/c29-24-9-10-25(30)28(24)38-27(32)11-13-34-15-17-36-19-18-35-16-14-33-12-5-8-26(31)37-20-23-21-6-3-1-2-4-7-22(21)23/h21-23H,3-20H2/t21-,22+,23?. The van der Waals surface area contributed by atoms with Crippen molar-refractivity contribution in [3.05, 3.63) is 0 Å². The van der Waals surface area contributed by atoms with Crippen molar-refractivity contribution in [1.82, 2.24) is 5.06 Å². The van der Waals surface area contributed by atoms with Gasteiger partial charge in [0.05, 0.1) is 59.3 Å². The first-order valence-corrected chi connectivity index (χ1v) is 13.5. The van der Waals surface area contributed by atoms with Crippen molar-refractivity contribution in [2.75, 3.05) is 59.5 Å². The lowest BCUT2D eigenvalue weighted by molar-refractivity contribution is -0.198. The molecule has 1 saturated carbocycles. The van der Waals surface area contributed by atoms with E-state index in [9.17, 15) is 19.2 Å². The third kappa shape index (κ3) is 11.1. The van der Waals surface area contributed by atoms with E-state index in [4.69, 9.17) is 28.5 Å². The Bertz CT molecular complexity index is 817. The molecule has 11 heteroatoms. The lowest BCUT2D eigenvalue weighted by Gasteiger charge is -2.12. The average molecular weight is 538 g/mol. The van der Waals surface area contributed by atoms with Crippen molar-refractivity contribution in [3.8, 4) is 11.8 Å². The fraction of sp³-hybridized carbons (Fsp3) is 0.778. The van der Waals surface area contributed by atoms with Crippen LogP contribution >= 0.6 is 0 Å². The Balaban J connectivity index is 1.01. The summed E-state index contributed by atoms with van der Waals surface area (Å²) in [6, 6.07) is 0. The molecule has 2 amide bonds. The van der Waals surface area contributed by atoms with Gasteiger partial charge in [-0.3, -0.25) is 14.4 Å². The van der Waals surface area contributed by atoms with Crippen molar-refractivity contribution in [3.63, 3.8) is 0 Å². The summed E-state index contributed by atoms with van der Waals surface area (Å²) in [7, 11) is 0. The number of carbonyl (C=O) groups excluding carboxylic acids is 4. The molecule has 38 heavy (non-hydrogen) atoms. The maximum atomic E-state index is 12.0. The second kappa shape index (κ2) is 17.1. The van der Waals surface area contributed by atoms with Crippen molar-refractivity contribution in [1.29, 1.82) is 0 Å². The topological polar surface area (TPSA) is 127 Å². The highest BCUT2D eigenvalue weighted by molar-refractivity contribution is 6.01. The molecule has 0 aromatic heterocycles. The van der Waals surface area contributed by atoms with Gasteiger partial charge in [0.2, 0.25) is 0 Å². The second-order valence-electron chi connectivity index (χ2n) is 9.45. The Hall–Kier alpha value is -2.52. The van der Waals surface area contributed by atoms with Gasteiger partial charge >= 0.3 is 11.9 Å². The smallest absolute Gasteiger partial charge is 0.335 e. The number of hydrogen-bond donors (Lipinski definition) is 0. The summed E-state index contributed by atoms with van der Waals surface area (Å²) in [5.74, 6) is 6.41. The van der Waals surface area contributed by atoms with Crippen LogP contribution in [0.4, 0.5) is 0 Å². The van der Waals surface area contributed by atoms with Crippen LogP contribution in [0, 0.1) is 29.6 Å². The summed E-state index contributed by atoms with van der Waals surface area (Å²) in [6.07, 6.45) is 5.23. The van der Waals surface area contributed by atoms with Crippen molar-refractivity contribution in [2.45, 2.75) is 57.8 Å². The number of rotatable bonds is 19. The molecule has 0 aromatic carbocycles. The average Bonchev–Trinajstić information content (AvgIpc) is 3.44. The summed E-state index contributed by atoms with van der Waals surface area (Å²) < 4.78 is 27.0. The third-order valence-electron chi connectivity index (χ3n) is 6.71. The summed E-state index contributed by atoms with van der Waals surface area (Å²) in [5, 5.41) is 0.520. The number of nitrogens with zero attached hydrogens (tertiary/aromatic N) is 1. The molecule has 3 rings (SSSR count). The Morgan fingerprint density at radius 2 is 1.24 bits per heavy atom. The second-order valence-corrected chi connectivity index (χ2v) is 9.45. The molecule has 0 aromatic rings. The van der Waals surface area contributed by atoms with Crippen LogP contribution in [0.2, 0.25) is 0 Å². The van der Waals surface area contributed by atoms with E-state index in [1.54, 1.807) is 0 Å². The zero-order valence-corrected chi connectivity index (χ0v) is 22.0. The predicted molar refractivity (Wildman–Crippen MR) is 132 cm³/mol. The molecule has 3 atom stereocenters. The number of carbonyl (C=O) groups is 4. The molecule has 2 fully saturated rings. The van der Waals surface area contributed by atoms with Crippen LogP contribution in [0.25, 0.3) is 0 Å². The summed E-state index contributed by atoms with van der Waals surface area (Å²) in [4.78, 5) is 51.1. The van der Waals surface area contributed by atoms with Crippen LogP contribution in [-0.4, -0.2) is 88.3 Å². The number of hydrogen-bond acceptors (Lipinski definition) is 10. The minimum Gasteiger partial charge on any atom is -0.465 e. The zero-order chi connectivity index (χ0) is 27.0. The van der Waals surface area contributed by atoms with Gasteiger partial charge in [0.25, 0.3) is 11.8 Å². The van der Waals surface area contributed by atoms with Gasteiger partial charge in [-0.25, -0.2) is 4.79 Å². The van der Waals surface area contributed by atoms with Gasteiger partial charge in [-0.1, -0.05) is 0 Å². The molecule has 1 unspecified atom stereocenters. The Morgan fingerprint density at radius 1 is 0.711 bits per heavy atom. The van der Waals surface area contributed by atoms with Gasteiger partial charge in [-0.15, -0.1) is 16.9 Å². The van der Waals surface area contributed by atoms with Crippen molar-refractivity contribution in [2.24, 2.45) is 17.8 Å². The normalized spacial score (nSPS) is 22.2. The molecule has 1 heterocycles. The van der Waals surface area contributed by atoms with Gasteiger partial charge in [0.15, 0.2) is 0 Å². The molecular weight excluding hydrogens is 498 g/mol. The van der Waals surface area contributed by atoms with Crippen molar-refractivity contribution < 1.29 is 47.7 Å². The molecule has 2 aliphatic carbocycles. The van der Waals surface area contributed by atoms with Crippen LogP contribution < -0.4 is 0 Å². The molecule has 0 spiro atoms. The molecule has 1 aliphatic heterocycles. The van der Waals surface area contributed by atoms with E-state index in [-0.39, 0.29) is 38.4 Å². The molecule has 0 radical (unpaired) electrons. The van der Waals surface area contributed by atoms with E-state index < -0.39 is 17.8 Å². The Morgan fingerprint density at radius 3 is 1.82 bits per heavy atom. The highest BCUT2D eigenvalue weighted by Gasteiger charge is 2.49. The van der Waals surface area contributed by atoms with Crippen LogP contribution in [0.3, 0.4) is 0 Å².